The van der Waals surface area contributed by atoms with E-state index in [2.05, 4.69) is 14.9 Å². The summed E-state index contributed by atoms with van der Waals surface area (Å²) in [5.41, 5.74) is 2.21. The van der Waals surface area contributed by atoms with Crippen LogP contribution in [0.3, 0.4) is 0 Å². The van der Waals surface area contributed by atoms with Gasteiger partial charge < -0.3 is 9.55 Å². The van der Waals surface area contributed by atoms with E-state index in [9.17, 15) is 9.18 Å². The molecule has 0 aliphatic carbocycles. The second-order valence-corrected chi connectivity index (χ2v) is 8.13. The van der Waals surface area contributed by atoms with Crippen LogP contribution >= 0.6 is 11.6 Å². The van der Waals surface area contributed by atoms with Gasteiger partial charge in [-0.1, -0.05) is 17.7 Å². The maximum atomic E-state index is 14.2. The molecule has 0 unspecified atom stereocenters. The molecule has 3 aromatic rings. The fraction of sp³-hybridized carbons (Fsp3) is 0.333. The van der Waals surface area contributed by atoms with Gasteiger partial charge in [-0.15, -0.1) is 0 Å². The molecule has 5 nitrogen and oxygen atoms in total. The van der Waals surface area contributed by atoms with Crippen LogP contribution < -0.4 is 5.56 Å². The Kier molecular flexibility index (Phi) is 4.33. The Morgan fingerprint density at radius 2 is 2.11 bits per heavy atom. The number of imidazole rings is 1. The van der Waals surface area contributed by atoms with Crippen LogP contribution in [0.5, 0.6) is 0 Å². The molecule has 144 valence electrons. The van der Waals surface area contributed by atoms with Gasteiger partial charge in [0.1, 0.15) is 11.6 Å². The van der Waals surface area contributed by atoms with Gasteiger partial charge >= 0.3 is 0 Å². The molecule has 7 heteroatoms. The first-order chi connectivity index (χ1) is 13.6. The summed E-state index contributed by atoms with van der Waals surface area (Å²) in [6.45, 7) is 2.80. The Labute approximate surface area is 166 Å². The number of piperidine rings is 1. The molecule has 0 spiro atoms. The number of benzene rings is 1. The molecule has 2 aromatic heterocycles. The van der Waals surface area contributed by atoms with Crippen molar-refractivity contribution in [2.45, 2.75) is 25.4 Å². The van der Waals surface area contributed by atoms with Crippen LogP contribution in [0.1, 0.15) is 23.6 Å². The van der Waals surface area contributed by atoms with Crippen LogP contribution in [0.25, 0.3) is 11.4 Å². The number of pyridine rings is 1. The normalized spacial score (nSPS) is 21.5. The minimum atomic E-state index is -0.261. The van der Waals surface area contributed by atoms with Gasteiger partial charge in [0.2, 0.25) is 0 Å². The largest absolute Gasteiger partial charge is 0.344 e. The topological polar surface area (TPSA) is 53.9 Å². The van der Waals surface area contributed by atoms with Crippen LogP contribution in [-0.4, -0.2) is 32.5 Å². The van der Waals surface area contributed by atoms with E-state index >= 15 is 0 Å². The smallest absolute Gasteiger partial charge is 0.261 e. The number of nitrogens with zero attached hydrogens (tertiary/aromatic N) is 3. The number of aromatic nitrogens is 3. The van der Waals surface area contributed by atoms with Crippen molar-refractivity contribution in [1.29, 1.82) is 0 Å². The highest BCUT2D eigenvalue weighted by Gasteiger charge is 2.35. The van der Waals surface area contributed by atoms with Crippen molar-refractivity contribution in [2.75, 3.05) is 13.1 Å². The molecule has 1 saturated heterocycles. The summed E-state index contributed by atoms with van der Waals surface area (Å²) < 4.78 is 16.1. The number of aromatic amines is 1. The maximum Gasteiger partial charge on any atom is 0.261 e. The van der Waals surface area contributed by atoms with Crippen LogP contribution in [-0.2, 0) is 13.1 Å². The average molecular weight is 399 g/mol. The van der Waals surface area contributed by atoms with Crippen molar-refractivity contribution in [2.24, 2.45) is 5.92 Å². The summed E-state index contributed by atoms with van der Waals surface area (Å²) in [5, 5.41) is 0.468. The lowest BCUT2D eigenvalue weighted by Gasteiger charge is -2.43. The van der Waals surface area contributed by atoms with Gasteiger partial charge in [-0.3, -0.25) is 9.69 Å². The Morgan fingerprint density at radius 1 is 1.21 bits per heavy atom. The number of rotatable bonds is 3. The number of fused-ring (bicyclic) bond motifs is 4. The van der Waals surface area contributed by atoms with E-state index < -0.39 is 0 Å². The van der Waals surface area contributed by atoms with Crippen molar-refractivity contribution < 1.29 is 4.39 Å². The number of hydrogen-bond donors (Lipinski definition) is 1. The predicted octanol–water partition coefficient (Wildman–Crippen LogP) is 3.65. The van der Waals surface area contributed by atoms with Gasteiger partial charge in [-0.25, -0.2) is 9.37 Å². The third kappa shape index (κ3) is 2.97. The molecule has 28 heavy (non-hydrogen) atoms. The molecular weight excluding hydrogens is 379 g/mol. The van der Waals surface area contributed by atoms with E-state index in [1.165, 1.54) is 6.07 Å². The highest BCUT2D eigenvalue weighted by atomic mass is 35.5. The van der Waals surface area contributed by atoms with E-state index in [-0.39, 0.29) is 17.3 Å². The number of hydrogen-bond acceptors (Lipinski definition) is 3. The lowest BCUT2D eigenvalue weighted by atomic mass is 9.82. The quantitative estimate of drug-likeness (QED) is 0.732. The van der Waals surface area contributed by atoms with Gasteiger partial charge in [0.25, 0.3) is 5.56 Å². The summed E-state index contributed by atoms with van der Waals surface area (Å²) in [4.78, 5) is 22.5. The summed E-state index contributed by atoms with van der Waals surface area (Å²) in [6, 6.07) is 8.72. The first kappa shape index (κ1) is 17.6. The fourth-order valence-corrected chi connectivity index (χ4v) is 4.90. The van der Waals surface area contributed by atoms with Crippen molar-refractivity contribution in [3.05, 3.63) is 75.2 Å². The van der Waals surface area contributed by atoms with Crippen molar-refractivity contribution in [1.82, 2.24) is 19.4 Å². The molecule has 2 aliphatic rings. The summed E-state index contributed by atoms with van der Waals surface area (Å²) in [6.07, 6.45) is 4.43. The van der Waals surface area contributed by atoms with E-state index in [4.69, 9.17) is 11.6 Å². The van der Waals surface area contributed by atoms with E-state index in [0.29, 0.717) is 41.0 Å². The van der Waals surface area contributed by atoms with Gasteiger partial charge in [0.05, 0.1) is 5.56 Å². The van der Waals surface area contributed by atoms with Crippen molar-refractivity contribution in [3.8, 4) is 11.4 Å². The maximum absolute atomic E-state index is 14.2. The van der Waals surface area contributed by atoms with Crippen LogP contribution in [0, 0.1) is 11.7 Å². The molecule has 0 amide bonds. The SMILES string of the molecule is O=c1c(-c2ncc[nH]2)ccc2n1C[C@H]1C[C@@H]2CN(Cc2c(F)cccc2Cl)C1. The molecule has 5 rings (SSSR count). The van der Waals surface area contributed by atoms with E-state index in [1.54, 1.807) is 24.5 Å². The molecule has 4 heterocycles. The number of likely N-dealkylation sites (tertiary alicyclic amines) is 1. The molecule has 2 bridgehead atoms. The molecule has 2 atom stereocenters. The lowest BCUT2D eigenvalue weighted by molar-refractivity contribution is 0.113. The number of halogens is 2. The minimum Gasteiger partial charge on any atom is -0.344 e. The van der Waals surface area contributed by atoms with Gasteiger partial charge in [-0.2, -0.15) is 0 Å². The Morgan fingerprint density at radius 3 is 2.89 bits per heavy atom. The Hall–Kier alpha value is -2.44. The zero-order chi connectivity index (χ0) is 19.3. The Balaban J connectivity index is 1.44. The van der Waals surface area contributed by atoms with Gasteiger partial charge in [0, 0.05) is 60.8 Å². The standard InChI is InChI=1S/C21H20ClFN4O/c22-17-2-1-3-18(23)16(17)12-26-9-13-8-14(11-26)19-5-4-15(20-24-6-7-25-20)21(28)27(19)10-13/h1-7,13-14H,8-12H2,(H,24,25)/t13-,14+/m0/s1. The first-order valence-corrected chi connectivity index (χ1v) is 9.86. The van der Waals surface area contributed by atoms with Gasteiger partial charge in [0.15, 0.2) is 0 Å². The number of H-pyrrole nitrogens is 1. The summed E-state index contributed by atoms with van der Waals surface area (Å²) >= 11 is 6.22. The highest BCUT2D eigenvalue weighted by molar-refractivity contribution is 6.31. The van der Waals surface area contributed by atoms with Gasteiger partial charge in [-0.05, 0) is 36.6 Å². The minimum absolute atomic E-state index is 0.00717. The zero-order valence-electron chi connectivity index (χ0n) is 15.2. The summed E-state index contributed by atoms with van der Waals surface area (Å²) in [5.74, 6) is 0.965. The molecule has 1 fully saturated rings. The van der Waals surface area contributed by atoms with E-state index in [1.807, 2.05) is 16.7 Å². The fourth-order valence-electron chi connectivity index (χ4n) is 4.67. The second-order valence-electron chi connectivity index (χ2n) is 7.72. The van der Waals surface area contributed by atoms with E-state index in [0.717, 1.165) is 25.2 Å². The summed E-state index contributed by atoms with van der Waals surface area (Å²) in [7, 11) is 0. The highest BCUT2D eigenvalue weighted by Crippen LogP contribution is 2.36. The third-order valence-corrected chi connectivity index (χ3v) is 6.23. The monoisotopic (exact) mass is 398 g/mol. The Bertz CT molecular complexity index is 1060. The molecule has 1 aromatic carbocycles. The molecule has 0 radical (unpaired) electrons. The molecule has 2 aliphatic heterocycles. The molecule has 0 saturated carbocycles. The van der Waals surface area contributed by atoms with Crippen LogP contribution in [0.15, 0.2) is 47.5 Å². The lowest BCUT2D eigenvalue weighted by Crippen LogP contribution is -2.47. The predicted molar refractivity (Wildman–Crippen MR) is 106 cm³/mol. The zero-order valence-corrected chi connectivity index (χ0v) is 16.0. The van der Waals surface area contributed by atoms with Crippen molar-refractivity contribution >= 4 is 11.6 Å². The first-order valence-electron chi connectivity index (χ1n) is 9.49. The molecular formula is C21H20ClFN4O. The second kappa shape index (κ2) is 6.87. The third-order valence-electron chi connectivity index (χ3n) is 5.88. The average Bonchev–Trinajstić information content (AvgIpc) is 3.20. The molecule has 1 N–H and O–H groups in total. The van der Waals surface area contributed by atoms with Crippen molar-refractivity contribution in [3.63, 3.8) is 0 Å². The van der Waals surface area contributed by atoms with Crippen LogP contribution in [0.2, 0.25) is 5.02 Å². The number of nitrogens with one attached hydrogen (secondary N) is 1. The van der Waals surface area contributed by atoms with Crippen LogP contribution in [0.4, 0.5) is 4.39 Å².